The summed E-state index contributed by atoms with van der Waals surface area (Å²) in [5, 5.41) is 0. The van der Waals surface area contributed by atoms with Gasteiger partial charge in [-0.15, -0.1) is 11.8 Å². The van der Waals surface area contributed by atoms with Gasteiger partial charge in [-0.25, -0.2) is 12.8 Å². The summed E-state index contributed by atoms with van der Waals surface area (Å²) in [6.07, 6.45) is 3.19. The number of thioether (sulfide) groups is 1. The van der Waals surface area contributed by atoms with Gasteiger partial charge in [-0.1, -0.05) is 12.1 Å². The van der Waals surface area contributed by atoms with Crippen LogP contribution in [0.25, 0.3) is 11.1 Å². The van der Waals surface area contributed by atoms with Crippen molar-refractivity contribution in [1.82, 2.24) is 4.98 Å². The summed E-state index contributed by atoms with van der Waals surface area (Å²) in [4.78, 5) is 5.19. The first-order valence-corrected chi connectivity index (χ1v) is 11.0. The monoisotopic (exact) mass is 416 g/mol. The fraction of sp³-hybridized carbons (Fsp3) is 0.150. The Balaban J connectivity index is 1.80. The zero-order chi connectivity index (χ0) is 19.7. The lowest BCUT2D eigenvalue weighted by molar-refractivity contribution is 0.414. The molecular weight excluding hydrogens is 399 g/mol. The molecule has 0 aliphatic carbocycles. The summed E-state index contributed by atoms with van der Waals surface area (Å²) in [5.74, 6) is 0.830. The number of methoxy groups -OCH3 is 1. The minimum absolute atomic E-state index is 0.183. The van der Waals surface area contributed by atoms with Crippen LogP contribution in [0.3, 0.4) is 0 Å². The van der Waals surface area contributed by atoms with Crippen LogP contribution in [0.1, 0.15) is 0 Å². The van der Waals surface area contributed by atoms with E-state index in [1.54, 1.807) is 48.4 Å². The van der Waals surface area contributed by atoms with Crippen LogP contribution in [0.5, 0.6) is 5.75 Å². The number of halogens is 1. The molecule has 0 N–H and O–H groups in total. The van der Waals surface area contributed by atoms with E-state index in [1.807, 2.05) is 0 Å². The first-order valence-electron chi connectivity index (χ1n) is 8.54. The van der Waals surface area contributed by atoms with Crippen molar-refractivity contribution in [3.63, 3.8) is 0 Å². The number of rotatable bonds is 4. The lowest BCUT2D eigenvalue weighted by Crippen LogP contribution is -2.35. The number of anilines is 1. The maximum Gasteiger partial charge on any atom is 0.264 e. The van der Waals surface area contributed by atoms with E-state index in [9.17, 15) is 12.8 Å². The first-order chi connectivity index (χ1) is 13.5. The van der Waals surface area contributed by atoms with E-state index in [2.05, 4.69) is 4.98 Å². The predicted molar refractivity (Wildman–Crippen MR) is 108 cm³/mol. The Bertz CT molecular complexity index is 1120. The minimum atomic E-state index is -3.76. The molecular formula is C20H17FN2O3S2. The molecule has 0 bridgehead atoms. The average molecular weight is 416 g/mol. The summed E-state index contributed by atoms with van der Waals surface area (Å²) in [5.41, 5.74) is 1.89. The van der Waals surface area contributed by atoms with Crippen LogP contribution >= 0.6 is 11.8 Å². The van der Waals surface area contributed by atoms with Crippen LogP contribution in [0.4, 0.5) is 10.1 Å². The number of hydrogen-bond donors (Lipinski definition) is 0. The fourth-order valence-corrected chi connectivity index (χ4v) is 5.86. The Kier molecular flexibility index (Phi) is 4.99. The van der Waals surface area contributed by atoms with Gasteiger partial charge in [-0.3, -0.25) is 9.29 Å². The summed E-state index contributed by atoms with van der Waals surface area (Å²) >= 11 is 1.55. The standard InChI is InChI=1S/C20H17FN2O3S2/c1-26-16-5-7-17(8-6-16)28(24,25)23-9-10-27-20-18(12-22-13-19(20)23)14-3-2-4-15(21)11-14/h2-8,11-13H,9-10H2,1H3. The molecule has 0 spiro atoms. The lowest BCUT2D eigenvalue weighted by Gasteiger charge is -2.30. The topological polar surface area (TPSA) is 59.5 Å². The second kappa shape index (κ2) is 7.44. The van der Waals surface area contributed by atoms with Gasteiger partial charge in [-0.2, -0.15) is 0 Å². The minimum Gasteiger partial charge on any atom is -0.497 e. The van der Waals surface area contributed by atoms with Crippen molar-refractivity contribution >= 4 is 27.5 Å². The number of nitrogens with zero attached hydrogens (tertiary/aromatic N) is 2. The Morgan fingerprint density at radius 2 is 1.93 bits per heavy atom. The van der Waals surface area contributed by atoms with E-state index in [4.69, 9.17) is 4.74 Å². The number of aromatic nitrogens is 1. The molecule has 1 aromatic heterocycles. The quantitative estimate of drug-likeness (QED) is 0.638. The van der Waals surface area contributed by atoms with Crippen molar-refractivity contribution in [2.75, 3.05) is 23.7 Å². The highest BCUT2D eigenvalue weighted by Gasteiger charge is 2.31. The van der Waals surface area contributed by atoms with Crippen LogP contribution in [0, 0.1) is 5.82 Å². The Hall–Kier alpha value is -2.58. The summed E-state index contributed by atoms with van der Waals surface area (Å²) in [6.45, 7) is 0.334. The Morgan fingerprint density at radius 3 is 2.64 bits per heavy atom. The van der Waals surface area contributed by atoms with E-state index in [0.717, 1.165) is 10.5 Å². The third-order valence-electron chi connectivity index (χ3n) is 4.47. The number of ether oxygens (including phenoxy) is 1. The number of pyridine rings is 1. The highest BCUT2D eigenvalue weighted by atomic mass is 32.2. The maximum absolute atomic E-state index is 13.7. The SMILES string of the molecule is COc1ccc(S(=O)(=O)N2CCSc3c(-c4cccc(F)c4)cncc32)cc1. The zero-order valence-electron chi connectivity index (χ0n) is 15.0. The van der Waals surface area contributed by atoms with E-state index in [1.165, 1.54) is 35.7 Å². The second-order valence-corrected chi connectivity index (χ2v) is 9.11. The first kappa shape index (κ1) is 18.8. The lowest BCUT2D eigenvalue weighted by atomic mass is 10.1. The molecule has 1 aliphatic heterocycles. The van der Waals surface area contributed by atoms with Crippen molar-refractivity contribution in [3.8, 4) is 16.9 Å². The molecule has 0 radical (unpaired) electrons. The molecule has 0 saturated carbocycles. The average Bonchev–Trinajstić information content (AvgIpc) is 2.73. The molecule has 0 unspecified atom stereocenters. The van der Waals surface area contributed by atoms with Crippen LogP contribution < -0.4 is 9.04 Å². The number of benzene rings is 2. The smallest absolute Gasteiger partial charge is 0.264 e. The van der Waals surface area contributed by atoms with Gasteiger partial charge < -0.3 is 4.74 Å². The summed E-state index contributed by atoms with van der Waals surface area (Å²) in [6, 6.07) is 12.5. The maximum atomic E-state index is 13.7. The summed E-state index contributed by atoms with van der Waals surface area (Å²) < 4.78 is 46.6. The number of hydrogen-bond acceptors (Lipinski definition) is 5. The molecule has 3 aromatic rings. The molecule has 0 amide bonds. The normalized spacial score (nSPS) is 13.9. The molecule has 0 saturated heterocycles. The van der Waals surface area contributed by atoms with E-state index in [0.29, 0.717) is 29.3 Å². The molecule has 5 nitrogen and oxygen atoms in total. The Morgan fingerprint density at radius 1 is 1.14 bits per heavy atom. The predicted octanol–water partition coefficient (Wildman–Crippen LogP) is 4.20. The molecule has 28 heavy (non-hydrogen) atoms. The van der Waals surface area contributed by atoms with Gasteiger partial charge in [-0.05, 0) is 42.0 Å². The van der Waals surface area contributed by atoms with Crippen molar-refractivity contribution in [2.24, 2.45) is 0 Å². The van der Waals surface area contributed by atoms with Crippen molar-refractivity contribution in [3.05, 3.63) is 66.7 Å². The van der Waals surface area contributed by atoms with E-state index >= 15 is 0 Å². The molecule has 1 aliphatic rings. The van der Waals surface area contributed by atoms with Crippen molar-refractivity contribution in [1.29, 1.82) is 0 Å². The van der Waals surface area contributed by atoms with Gasteiger partial charge in [0.15, 0.2) is 0 Å². The molecule has 2 aromatic carbocycles. The highest BCUT2D eigenvalue weighted by Crippen LogP contribution is 2.43. The molecule has 8 heteroatoms. The molecule has 2 heterocycles. The fourth-order valence-electron chi connectivity index (χ4n) is 3.10. The van der Waals surface area contributed by atoms with E-state index in [-0.39, 0.29) is 10.7 Å². The molecule has 0 fully saturated rings. The Labute approximate surface area is 167 Å². The van der Waals surface area contributed by atoms with Gasteiger partial charge in [0.1, 0.15) is 11.6 Å². The van der Waals surface area contributed by atoms with Crippen molar-refractivity contribution in [2.45, 2.75) is 9.79 Å². The van der Waals surface area contributed by atoms with Gasteiger partial charge in [0.25, 0.3) is 10.0 Å². The zero-order valence-corrected chi connectivity index (χ0v) is 16.6. The molecule has 144 valence electrons. The van der Waals surface area contributed by atoms with E-state index < -0.39 is 10.0 Å². The highest BCUT2D eigenvalue weighted by molar-refractivity contribution is 8.00. The number of sulfonamides is 1. The van der Waals surface area contributed by atoms with Gasteiger partial charge in [0.2, 0.25) is 0 Å². The van der Waals surface area contributed by atoms with Crippen molar-refractivity contribution < 1.29 is 17.5 Å². The third-order valence-corrected chi connectivity index (χ3v) is 7.40. The summed E-state index contributed by atoms with van der Waals surface area (Å²) in [7, 11) is -2.23. The van der Waals surface area contributed by atoms with Gasteiger partial charge in [0.05, 0.1) is 23.9 Å². The van der Waals surface area contributed by atoms with Crippen LogP contribution in [-0.2, 0) is 10.0 Å². The molecule has 4 rings (SSSR count). The van der Waals surface area contributed by atoms with Crippen LogP contribution in [0.2, 0.25) is 0 Å². The third kappa shape index (κ3) is 3.33. The number of fused-ring (bicyclic) bond motifs is 1. The van der Waals surface area contributed by atoms with Gasteiger partial charge in [0, 0.05) is 29.0 Å². The molecule has 0 atom stereocenters. The van der Waals surface area contributed by atoms with Crippen LogP contribution in [-0.4, -0.2) is 32.8 Å². The van der Waals surface area contributed by atoms with Crippen LogP contribution in [0.15, 0.2) is 70.7 Å². The second-order valence-electron chi connectivity index (χ2n) is 6.15. The van der Waals surface area contributed by atoms with Gasteiger partial charge >= 0.3 is 0 Å². The largest absolute Gasteiger partial charge is 0.497 e.